The number of para-hydroxylation sites is 2. The van der Waals surface area contributed by atoms with Crippen molar-refractivity contribution < 1.29 is 49.0 Å². The molecule has 0 aliphatic rings. The van der Waals surface area contributed by atoms with Gasteiger partial charge in [-0.2, -0.15) is 0 Å². The van der Waals surface area contributed by atoms with Crippen LogP contribution in [0.15, 0.2) is 35.2 Å². The monoisotopic (exact) mass is 423 g/mol. The molecule has 148 valence electrons. The largest absolute Gasteiger partial charge is 1.00 e. The van der Waals surface area contributed by atoms with Gasteiger partial charge in [-0.3, -0.25) is 0 Å². The molecule has 29 heavy (non-hydrogen) atoms. The maximum Gasteiger partial charge on any atom is 1.00 e. The number of imidazole rings is 1. The van der Waals surface area contributed by atoms with E-state index in [-0.39, 0.29) is 36.0 Å². The number of hydrogen-bond donors (Lipinski definition) is 0. The van der Waals surface area contributed by atoms with Gasteiger partial charge in [-0.15, -0.1) is 11.3 Å². The third kappa shape index (κ3) is 6.64. The first-order valence-electron chi connectivity index (χ1n) is 9.40. The Labute approximate surface area is 195 Å². The van der Waals surface area contributed by atoms with Gasteiger partial charge in [-0.05, 0) is 31.4 Å². The summed E-state index contributed by atoms with van der Waals surface area (Å²) in [6.07, 6.45) is 4.87. The Morgan fingerprint density at radius 3 is 2.52 bits per heavy atom. The smallest absolute Gasteiger partial charge is 0.550 e. The number of carboxylic acids is 1. The molecule has 3 rings (SSSR count). The van der Waals surface area contributed by atoms with Gasteiger partial charge in [0.2, 0.25) is 0 Å². The van der Waals surface area contributed by atoms with E-state index in [1.807, 2.05) is 29.6 Å². The Morgan fingerprint density at radius 1 is 1.07 bits per heavy atom. The molecule has 0 amide bonds. The molecule has 0 fully saturated rings. The van der Waals surface area contributed by atoms with E-state index in [0.717, 1.165) is 37.6 Å². The fourth-order valence-corrected chi connectivity index (χ4v) is 3.54. The third-order valence-corrected chi connectivity index (χ3v) is 4.99. The maximum absolute atomic E-state index is 12.7. The number of thiazole rings is 1. The number of aliphatic carboxylic acids is 1. The van der Waals surface area contributed by atoms with E-state index < -0.39 is 12.1 Å². The summed E-state index contributed by atoms with van der Waals surface area (Å²) < 4.78 is 6.94. The van der Waals surface area contributed by atoms with Crippen LogP contribution in [-0.2, 0) is 9.53 Å². The molecule has 0 radical (unpaired) electrons. The SMILES string of the molecule is O=C([O-])CCCCCCCCOC(=O)n1c(-c2cscn2)nc2ccccc21.[Na+]. The van der Waals surface area contributed by atoms with Gasteiger partial charge in [0.05, 0.1) is 23.2 Å². The van der Waals surface area contributed by atoms with Crippen molar-refractivity contribution in [1.29, 1.82) is 0 Å². The summed E-state index contributed by atoms with van der Waals surface area (Å²) in [5.41, 5.74) is 3.77. The molecule has 0 spiro atoms. The number of nitrogens with zero attached hydrogens (tertiary/aromatic N) is 3. The first-order chi connectivity index (χ1) is 13.7. The van der Waals surface area contributed by atoms with Crippen LogP contribution in [0.3, 0.4) is 0 Å². The summed E-state index contributed by atoms with van der Waals surface area (Å²) in [5.74, 6) is -0.503. The molecule has 0 atom stereocenters. The number of hydrogen-bond acceptors (Lipinski definition) is 7. The van der Waals surface area contributed by atoms with Crippen LogP contribution in [-0.4, -0.2) is 33.2 Å². The van der Waals surface area contributed by atoms with Crippen molar-refractivity contribution in [2.45, 2.75) is 44.9 Å². The number of carboxylic acid groups (broad SMARTS) is 1. The topological polar surface area (TPSA) is 97.1 Å². The molecule has 0 saturated heterocycles. The van der Waals surface area contributed by atoms with Crippen molar-refractivity contribution in [3.8, 4) is 11.5 Å². The molecule has 9 heteroatoms. The fourth-order valence-electron chi connectivity index (χ4n) is 3.01. The van der Waals surface area contributed by atoms with E-state index in [4.69, 9.17) is 4.74 Å². The average Bonchev–Trinajstić information content (AvgIpc) is 3.33. The Hall–Kier alpha value is -1.74. The Kier molecular flexibility index (Phi) is 9.80. The molecule has 0 saturated carbocycles. The van der Waals surface area contributed by atoms with Crippen molar-refractivity contribution in [3.63, 3.8) is 0 Å². The van der Waals surface area contributed by atoms with Gasteiger partial charge in [0, 0.05) is 11.3 Å². The van der Waals surface area contributed by atoms with Crippen molar-refractivity contribution in [1.82, 2.24) is 14.5 Å². The minimum atomic E-state index is -0.990. The zero-order chi connectivity index (χ0) is 19.8. The number of carbonyl (C=O) groups is 2. The molecular weight excluding hydrogens is 401 g/mol. The second-order valence-corrected chi connectivity index (χ2v) is 7.21. The minimum absolute atomic E-state index is 0. The second-order valence-electron chi connectivity index (χ2n) is 6.49. The van der Waals surface area contributed by atoms with E-state index in [2.05, 4.69) is 9.97 Å². The molecule has 0 N–H and O–H groups in total. The summed E-state index contributed by atoms with van der Waals surface area (Å²) in [6.45, 7) is 0.334. The summed E-state index contributed by atoms with van der Waals surface area (Å²) in [5, 5.41) is 12.2. The van der Waals surface area contributed by atoms with E-state index in [1.54, 1.807) is 5.51 Å². The zero-order valence-electron chi connectivity index (χ0n) is 16.5. The van der Waals surface area contributed by atoms with Gasteiger partial charge < -0.3 is 14.6 Å². The van der Waals surface area contributed by atoms with E-state index >= 15 is 0 Å². The van der Waals surface area contributed by atoms with Crippen molar-refractivity contribution >= 4 is 34.4 Å². The van der Waals surface area contributed by atoms with Crippen LogP contribution < -0.4 is 34.7 Å². The summed E-state index contributed by atoms with van der Waals surface area (Å²) in [4.78, 5) is 31.8. The van der Waals surface area contributed by atoms with Crippen molar-refractivity contribution in [2.75, 3.05) is 6.61 Å². The zero-order valence-corrected chi connectivity index (χ0v) is 19.3. The summed E-state index contributed by atoms with van der Waals surface area (Å²) in [6, 6.07) is 7.43. The van der Waals surface area contributed by atoms with Gasteiger partial charge in [0.25, 0.3) is 0 Å². The number of carbonyl (C=O) groups excluding carboxylic acids is 2. The van der Waals surface area contributed by atoms with Crippen LogP contribution in [0.1, 0.15) is 44.9 Å². The third-order valence-electron chi connectivity index (χ3n) is 4.41. The standard InChI is InChI=1S/C20H23N3O4S.Na/c24-18(25)11-5-3-1-2-4-8-12-27-20(26)23-17-10-7-6-9-15(17)22-19(23)16-13-28-14-21-16;/h6-7,9-10,13-14H,1-5,8,11-12H2,(H,24,25);/q;+1/p-1. The Balaban J connectivity index is 0.00000300. The van der Waals surface area contributed by atoms with Crippen LogP contribution in [0.5, 0.6) is 0 Å². The molecule has 3 aromatic rings. The van der Waals surface area contributed by atoms with Gasteiger partial charge in [-0.1, -0.05) is 37.8 Å². The van der Waals surface area contributed by atoms with Crippen LogP contribution in [0.25, 0.3) is 22.6 Å². The van der Waals surface area contributed by atoms with Gasteiger partial charge >= 0.3 is 35.7 Å². The molecule has 0 bridgehead atoms. The van der Waals surface area contributed by atoms with Crippen LogP contribution >= 0.6 is 11.3 Å². The van der Waals surface area contributed by atoms with Crippen LogP contribution in [0, 0.1) is 0 Å². The average molecular weight is 423 g/mol. The number of unbranched alkanes of at least 4 members (excludes halogenated alkanes) is 5. The first-order valence-corrected chi connectivity index (χ1v) is 10.3. The molecular formula is C20H22N3NaO4S. The van der Waals surface area contributed by atoms with Crippen LogP contribution in [0.2, 0.25) is 0 Å². The number of fused-ring (bicyclic) bond motifs is 1. The van der Waals surface area contributed by atoms with Gasteiger partial charge in [-0.25, -0.2) is 19.3 Å². The maximum atomic E-state index is 12.7. The Morgan fingerprint density at radius 2 is 1.79 bits per heavy atom. The molecule has 0 unspecified atom stereocenters. The van der Waals surface area contributed by atoms with Crippen molar-refractivity contribution in [3.05, 3.63) is 35.2 Å². The molecule has 7 nitrogen and oxygen atoms in total. The number of aromatic nitrogens is 3. The molecule has 2 aromatic heterocycles. The molecule has 0 aliphatic carbocycles. The Bertz CT molecular complexity index is 927. The number of rotatable bonds is 10. The van der Waals surface area contributed by atoms with Gasteiger partial charge in [0.1, 0.15) is 5.69 Å². The quantitative estimate of drug-likeness (QED) is 0.351. The number of ether oxygens (including phenoxy) is 1. The minimum Gasteiger partial charge on any atom is -0.550 e. The van der Waals surface area contributed by atoms with Gasteiger partial charge in [0.15, 0.2) is 5.82 Å². The molecule has 1 aromatic carbocycles. The predicted octanol–water partition coefficient (Wildman–Crippen LogP) is 0.629. The second kappa shape index (κ2) is 12.1. The summed E-state index contributed by atoms with van der Waals surface area (Å²) >= 11 is 1.45. The van der Waals surface area contributed by atoms with Crippen LogP contribution in [0.4, 0.5) is 4.79 Å². The molecule has 2 heterocycles. The van der Waals surface area contributed by atoms with E-state index in [9.17, 15) is 14.7 Å². The predicted molar refractivity (Wildman–Crippen MR) is 105 cm³/mol. The van der Waals surface area contributed by atoms with E-state index in [0.29, 0.717) is 30.1 Å². The summed E-state index contributed by atoms with van der Waals surface area (Å²) in [7, 11) is 0. The van der Waals surface area contributed by atoms with Crippen molar-refractivity contribution in [2.24, 2.45) is 0 Å². The molecule has 0 aliphatic heterocycles. The number of benzene rings is 1. The first kappa shape index (κ1) is 23.5. The fraction of sp³-hybridized carbons (Fsp3) is 0.400. The van der Waals surface area contributed by atoms with E-state index in [1.165, 1.54) is 15.9 Å². The normalized spacial score (nSPS) is 10.6.